The maximum absolute atomic E-state index is 12.1. The number of hydrogen-bond donors (Lipinski definition) is 0. The van der Waals surface area contributed by atoms with E-state index in [-0.39, 0.29) is 0 Å². The summed E-state index contributed by atoms with van der Waals surface area (Å²) in [6.45, 7) is 6.31. The molecule has 0 bridgehead atoms. The molecule has 0 aliphatic carbocycles. The summed E-state index contributed by atoms with van der Waals surface area (Å²) in [7, 11) is 4.34. The molecule has 1 aliphatic rings. The predicted molar refractivity (Wildman–Crippen MR) is 76.6 cm³/mol. The molecule has 0 aromatic carbocycles. The van der Waals surface area contributed by atoms with Crippen molar-refractivity contribution in [3.8, 4) is 0 Å². The first-order chi connectivity index (χ1) is 8.60. The molecule has 3 heteroatoms. The van der Waals surface area contributed by atoms with Gasteiger partial charge in [0.15, 0.2) is 0 Å². The van der Waals surface area contributed by atoms with E-state index in [1.165, 1.54) is 12.8 Å². The van der Waals surface area contributed by atoms with E-state index in [0.29, 0.717) is 17.9 Å². The fraction of sp³-hybridized carbons (Fsp3) is 0.933. The van der Waals surface area contributed by atoms with Crippen LogP contribution in [0.4, 0.5) is 0 Å². The molecule has 0 aromatic rings. The molecule has 1 amide bonds. The van der Waals surface area contributed by atoms with Gasteiger partial charge in [0.1, 0.15) is 0 Å². The van der Waals surface area contributed by atoms with Crippen LogP contribution in [0.3, 0.4) is 0 Å². The minimum absolute atomic E-state index is 0.371. The molecule has 18 heavy (non-hydrogen) atoms. The summed E-state index contributed by atoms with van der Waals surface area (Å²) in [4.78, 5) is 16.5. The molecule has 106 valence electrons. The minimum atomic E-state index is 0.371. The summed E-state index contributed by atoms with van der Waals surface area (Å²) in [5.74, 6) is 1.03. The summed E-state index contributed by atoms with van der Waals surface area (Å²) in [6.07, 6.45) is 6.47. The monoisotopic (exact) mass is 254 g/mol. The van der Waals surface area contributed by atoms with Crippen LogP contribution < -0.4 is 0 Å². The summed E-state index contributed by atoms with van der Waals surface area (Å²) in [5, 5.41) is 0. The predicted octanol–water partition coefficient (Wildman–Crippen LogP) is 2.76. The Hall–Kier alpha value is -0.570. The van der Waals surface area contributed by atoms with Crippen LogP contribution >= 0.6 is 0 Å². The van der Waals surface area contributed by atoms with Gasteiger partial charge in [0.05, 0.1) is 0 Å². The van der Waals surface area contributed by atoms with Crippen molar-refractivity contribution in [2.75, 3.05) is 27.2 Å². The van der Waals surface area contributed by atoms with Gasteiger partial charge < -0.3 is 9.80 Å². The number of carbonyl (C=O) groups excluding carboxylic acids is 1. The van der Waals surface area contributed by atoms with Gasteiger partial charge in [0, 0.05) is 25.6 Å². The van der Waals surface area contributed by atoms with E-state index in [4.69, 9.17) is 0 Å². The number of unbranched alkanes of at least 4 members (excludes halogenated alkanes) is 1. The fourth-order valence-electron chi connectivity index (χ4n) is 3.07. The van der Waals surface area contributed by atoms with E-state index in [2.05, 4.69) is 37.7 Å². The Labute approximate surface area is 113 Å². The zero-order valence-corrected chi connectivity index (χ0v) is 12.6. The van der Waals surface area contributed by atoms with Gasteiger partial charge in [-0.3, -0.25) is 4.79 Å². The second-order valence-corrected chi connectivity index (χ2v) is 5.81. The van der Waals surface area contributed by atoms with Crippen molar-refractivity contribution in [1.82, 2.24) is 9.80 Å². The van der Waals surface area contributed by atoms with Crippen LogP contribution in [-0.2, 0) is 4.79 Å². The summed E-state index contributed by atoms with van der Waals surface area (Å²) in [5.41, 5.74) is 0. The molecule has 0 aromatic heterocycles. The third-order valence-corrected chi connectivity index (χ3v) is 4.11. The number of amides is 1. The van der Waals surface area contributed by atoms with E-state index >= 15 is 0 Å². The highest BCUT2D eigenvalue weighted by atomic mass is 16.2. The Morgan fingerprint density at radius 3 is 2.56 bits per heavy atom. The number of hydrogen-bond acceptors (Lipinski definition) is 2. The van der Waals surface area contributed by atoms with Gasteiger partial charge in [-0.15, -0.1) is 0 Å². The van der Waals surface area contributed by atoms with Crippen molar-refractivity contribution in [2.24, 2.45) is 5.92 Å². The highest BCUT2D eigenvalue weighted by Crippen LogP contribution is 2.25. The van der Waals surface area contributed by atoms with Crippen LogP contribution in [0.25, 0.3) is 0 Å². The standard InChI is InChI=1S/C15H30N2O/c1-5-7-9-15(18)17-11-10-14(16(3)4)13(12-17)8-6-2/h13-14H,5-12H2,1-4H3. The molecule has 1 saturated heterocycles. The number of carbonyl (C=O) groups is 1. The van der Waals surface area contributed by atoms with Crippen LogP contribution in [0, 0.1) is 5.92 Å². The molecule has 0 radical (unpaired) electrons. The maximum atomic E-state index is 12.1. The molecule has 3 nitrogen and oxygen atoms in total. The lowest BCUT2D eigenvalue weighted by Gasteiger charge is -2.41. The number of rotatable bonds is 6. The van der Waals surface area contributed by atoms with Crippen molar-refractivity contribution in [3.05, 3.63) is 0 Å². The van der Waals surface area contributed by atoms with Crippen molar-refractivity contribution in [1.29, 1.82) is 0 Å². The lowest BCUT2D eigenvalue weighted by Crippen LogP contribution is -2.50. The Balaban J connectivity index is 2.53. The van der Waals surface area contributed by atoms with Crippen LogP contribution in [0.15, 0.2) is 0 Å². The second-order valence-electron chi connectivity index (χ2n) is 5.81. The quantitative estimate of drug-likeness (QED) is 0.727. The first-order valence-corrected chi connectivity index (χ1v) is 7.54. The Bertz CT molecular complexity index is 253. The lowest BCUT2D eigenvalue weighted by atomic mass is 9.87. The summed E-state index contributed by atoms with van der Waals surface area (Å²) >= 11 is 0. The zero-order chi connectivity index (χ0) is 13.5. The summed E-state index contributed by atoms with van der Waals surface area (Å²) < 4.78 is 0. The van der Waals surface area contributed by atoms with Crippen LogP contribution in [0.5, 0.6) is 0 Å². The molecule has 0 saturated carbocycles. The van der Waals surface area contributed by atoms with Crippen LogP contribution in [0.2, 0.25) is 0 Å². The number of nitrogens with zero attached hydrogens (tertiary/aromatic N) is 2. The molecule has 0 N–H and O–H groups in total. The number of likely N-dealkylation sites (tertiary alicyclic amines) is 1. The van der Waals surface area contributed by atoms with Crippen molar-refractivity contribution < 1.29 is 4.79 Å². The largest absolute Gasteiger partial charge is 0.342 e. The zero-order valence-electron chi connectivity index (χ0n) is 12.6. The molecular weight excluding hydrogens is 224 g/mol. The van der Waals surface area contributed by atoms with Gasteiger partial charge in [0.2, 0.25) is 5.91 Å². The highest BCUT2D eigenvalue weighted by Gasteiger charge is 2.31. The third-order valence-electron chi connectivity index (χ3n) is 4.11. The van der Waals surface area contributed by atoms with E-state index in [1.54, 1.807) is 0 Å². The van der Waals surface area contributed by atoms with Crippen molar-refractivity contribution >= 4 is 5.91 Å². The molecule has 0 spiro atoms. The highest BCUT2D eigenvalue weighted by molar-refractivity contribution is 5.76. The summed E-state index contributed by atoms with van der Waals surface area (Å²) in [6, 6.07) is 0.653. The minimum Gasteiger partial charge on any atom is -0.342 e. The molecule has 1 rings (SSSR count). The molecule has 1 heterocycles. The van der Waals surface area contributed by atoms with Gasteiger partial charge in [-0.2, -0.15) is 0 Å². The first kappa shape index (κ1) is 15.5. The van der Waals surface area contributed by atoms with Crippen LogP contribution in [0.1, 0.15) is 52.4 Å². The van der Waals surface area contributed by atoms with Gasteiger partial charge in [0.25, 0.3) is 0 Å². The molecule has 2 atom stereocenters. The Morgan fingerprint density at radius 2 is 2.00 bits per heavy atom. The Kier molecular flexibility index (Phi) is 6.69. The van der Waals surface area contributed by atoms with Gasteiger partial charge in [-0.25, -0.2) is 0 Å². The molecule has 1 aliphatic heterocycles. The van der Waals surface area contributed by atoms with Crippen molar-refractivity contribution in [2.45, 2.75) is 58.4 Å². The van der Waals surface area contributed by atoms with Crippen molar-refractivity contribution in [3.63, 3.8) is 0 Å². The smallest absolute Gasteiger partial charge is 0.222 e. The fourth-order valence-corrected chi connectivity index (χ4v) is 3.07. The van der Waals surface area contributed by atoms with Crippen LogP contribution in [-0.4, -0.2) is 48.9 Å². The molecule has 1 fully saturated rings. The average Bonchev–Trinajstić information content (AvgIpc) is 2.36. The topological polar surface area (TPSA) is 23.6 Å². The maximum Gasteiger partial charge on any atom is 0.222 e. The third kappa shape index (κ3) is 4.27. The SMILES string of the molecule is CCCCC(=O)N1CCC(N(C)C)C(CCC)C1. The molecular formula is C15H30N2O. The van der Waals surface area contributed by atoms with E-state index in [9.17, 15) is 4.79 Å². The lowest BCUT2D eigenvalue weighted by molar-refractivity contribution is -0.134. The van der Waals surface area contributed by atoms with Gasteiger partial charge in [-0.1, -0.05) is 26.7 Å². The first-order valence-electron chi connectivity index (χ1n) is 7.54. The second kappa shape index (κ2) is 7.78. The Morgan fingerprint density at radius 1 is 1.28 bits per heavy atom. The van der Waals surface area contributed by atoms with Gasteiger partial charge in [-0.05, 0) is 39.3 Å². The van der Waals surface area contributed by atoms with Gasteiger partial charge >= 0.3 is 0 Å². The normalized spacial score (nSPS) is 24.6. The van der Waals surface area contributed by atoms with E-state index < -0.39 is 0 Å². The molecule has 2 unspecified atom stereocenters. The number of piperidine rings is 1. The average molecular weight is 254 g/mol. The van der Waals surface area contributed by atoms with E-state index in [0.717, 1.165) is 38.8 Å². The van der Waals surface area contributed by atoms with E-state index in [1.807, 2.05) is 0 Å².